The maximum Gasteiger partial charge on any atom is 0.241 e. The van der Waals surface area contributed by atoms with E-state index >= 15 is 0 Å². The fraction of sp³-hybridized carbons (Fsp3) is 0.278. The average molecular weight is 453 g/mol. The molecule has 154 valence electrons. The molecule has 2 heterocycles. The number of nitrogens with two attached hydrogens (primary N) is 1. The second kappa shape index (κ2) is 8.27. The summed E-state index contributed by atoms with van der Waals surface area (Å²) in [4.78, 5) is 23.3. The quantitative estimate of drug-likeness (QED) is 0.435. The lowest BCUT2D eigenvalue weighted by Gasteiger charge is -2.10. The molecular formula is C18H20N4O4S3. The molecule has 29 heavy (non-hydrogen) atoms. The summed E-state index contributed by atoms with van der Waals surface area (Å²) < 4.78 is 28.5. The Kier molecular flexibility index (Phi) is 6.13. The number of carbonyl (C=O) groups excluding carboxylic acids is 1. The lowest BCUT2D eigenvalue weighted by molar-refractivity contribution is -0.113. The molecule has 0 aliphatic carbocycles. The standard InChI is InChI=1S/C18H20N4O4S3/c1-9-10(2)28-18-16(9)17(20-11(3)21-18)27-8-15(23)22-12-5-6-13(26-4)14(7-12)29(19,24)25/h5-7H,8H2,1-4H3,(H,22,23)(H2,19,24,25). The fourth-order valence-corrected chi connectivity index (χ4v) is 5.52. The van der Waals surface area contributed by atoms with Crippen LogP contribution in [0.15, 0.2) is 28.1 Å². The predicted octanol–water partition coefficient (Wildman–Crippen LogP) is 3.00. The Bertz CT molecular complexity index is 1210. The Balaban J connectivity index is 1.79. The second-order valence-corrected chi connectivity index (χ2v) is 9.98. The van der Waals surface area contributed by atoms with Crippen molar-refractivity contribution in [3.05, 3.63) is 34.5 Å². The summed E-state index contributed by atoms with van der Waals surface area (Å²) in [6, 6.07) is 4.27. The number of primary sulfonamides is 1. The molecule has 0 unspecified atom stereocenters. The summed E-state index contributed by atoms with van der Waals surface area (Å²) in [6.45, 7) is 5.87. The largest absolute Gasteiger partial charge is 0.495 e. The van der Waals surface area contributed by atoms with Crippen LogP contribution in [-0.2, 0) is 14.8 Å². The highest BCUT2D eigenvalue weighted by atomic mass is 32.2. The normalized spacial score (nSPS) is 11.6. The van der Waals surface area contributed by atoms with E-state index < -0.39 is 10.0 Å². The van der Waals surface area contributed by atoms with Gasteiger partial charge in [0.05, 0.1) is 12.9 Å². The van der Waals surface area contributed by atoms with Gasteiger partial charge in [-0.3, -0.25) is 4.79 Å². The number of ether oxygens (including phenoxy) is 1. The molecule has 11 heteroatoms. The highest BCUT2D eigenvalue weighted by Crippen LogP contribution is 2.35. The van der Waals surface area contributed by atoms with Gasteiger partial charge >= 0.3 is 0 Å². The molecule has 3 N–H and O–H groups in total. The Morgan fingerprint density at radius 1 is 1.28 bits per heavy atom. The highest BCUT2D eigenvalue weighted by molar-refractivity contribution is 8.00. The van der Waals surface area contributed by atoms with Crippen LogP contribution in [0.2, 0.25) is 0 Å². The molecule has 1 amide bonds. The highest BCUT2D eigenvalue weighted by Gasteiger charge is 2.18. The molecule has 2 aromatic heterocycles. The van der Waals surface area contributed by atoms with Crippen molar-refractivity contribution in [2.24, 2.45) is 5.14 Å². The van der Waals surface area contributed by atoms with Gasteiger partial charge in [0.1, 0.15) is 26.3 Å². The Morgan fingerprint density at radius 3 is 2.66 bits per heavy atom. The summed E-state index contributed by atoms with van der Waals surface area (Å²) in [6.07, 6.45) is 0. The number of amides is 1. The summed E-state index contributed by atoms with van der Waals surface area (Å²) in [7, 11) is -2.64. The van der Waals surface area contributed by atoms with Crippen LogP contribution in [0.5, 0.6) is 5.75 Å². The van der Waals surface area contributed by atoms with Gasteiger partial charge in [0, 0.05) is 16.0 Å². The van der Waals surface area contributed by atoms with Crippen LogP contribution in [0.3, 0.4) is 0 Å². The lowest BCUT2D eigenvalue weighted by Crippen LogP contribution is -2.17. The first-order chi connectivity index (χ1) is 13.6. The van der Waals surface area contributed by atoms with Gasteiger partial charge in [0.25, 0.3) is 0 Å². The van der Waals surface area contributed by atoms with Crippen LogP contribution in [0.4, 0.5) is 5.69 Å². The number of carbonyl (C=O) groups is 1. The number of methoxy groups -OCH3 is 1. The number of hydrogen-bond acceptors (Lipinski definition) is 8. The zero-order valence-corrected chi connectivity index (χ0v) is 18.7. The summed E-state index contributed by atoms with van der Waals surface area (Å²) >= 11 is 2.92. The topological polar surface area (TPSA) is 124 Å². The number of hydrogen-bond donors (Lipinski definition) is 2. The molecule has 0 bridgehead atoms. The third-order valence-corrected chi connectivity index (χ3v) is 7.21. The smallest absolute Gasteiger partial charge is 0.241 e. The van der Waals surface area contributed by atoms with Crippen molar-refractivity contribution in [2.75, 3.05) is 18.2 Å². The van der Waals surface area contributed by atoms with Gasteiger partial charge in [0.15, 0.2) is 0 Å². The van der Waals surface area contributed by atoms with E-state index in [0.717, 1.165) is 20.8 Å². The van der Waals surface area contributed by atoms with E-state index in [0.29, 0.717) is 11.5 Å². The first-order valence-electron chi connectivity index (χ1n) is 8.48. The first kappa shape index (κ1) is 21.5. The molecule has 0 radical (unpaired) electrons. The number of benzene rings is 1. The molecule has 0 aliphatic heterocycles. The Hall–Kier alpha value is -2.21. The van der Waals surface area contributed by atoms with Crippen molar-refractivity contribution in [3.63, 3.8) is 0 Å². The van der Waals surface area contributed by atoms with Gasteiger partial charge in [-0.15, -0.1) is 11.3 Å². The summed E-state index contributed by atoms with van der Waals surface area (Å²) in [5, 5.41) is 9.62. The number of anilines is 1. The minimum absolute atomic E-state index is 0.108. The fourth-order valence-electron chi connectivity index (χ4n) is 2.73. The van der Waals surface area contributed by atoms with E-state index in [2.05, 4.69) is 15.3 Å². The van der Waals surface area contributed by atoms with Gasteiger partial charge in [-0.2, -0.15) is 0 Å². The number of rotatable bonds is 6. The van der Waals surface area contributed by atoms with Crippen LogP contribution in [0.1, 0.15) is 16.3 Å². The van der Waals surface area contributed by atoms with Crippen molar-refractivity contribution in [3.8, 4) is 5.75 Å². The van der Waals surface area contributed by atoms with E-state index in [1.807, 2.05) is 20.8 Å². The van der Waals surface area contributed by atoms with E-state index in [4.69, 9.17) is 9.88 Å². The van der Waals surface area contributed by atoms with E-state index in [-0.39, 0.29) is 22.3 Å². The van der Waals surface area contributed by atoms with Gasteiger partial charge < -0.3 is 10.1 Å². The Morgan fingerprint density at radius 2 is 2.00 bits per heavy atom. The van der Waals surface area contributed by atoms with Gasteiger partial charge in [0.2, 0.25) is 15.9 Å². The lowest BCUT2D eigenvalue weighted by atomic mass is 10.2. The van der Waals surface area contributed by atoms with Crippen molar-refractivity contribution >= 4 is 54.9 Å². The maximum atomic E-state index is 12.4. The number of nitrogens with one attached hydrogen (secondary N) is 1. The monoisotopic (exact) mass is 452 g/mol. The molecule has 0 fully saturated rings. The average Bonchev–Trinajstić information content (AvgIpc) is 2.92. The van der Waals surface area contributed by atoms with Crippen molar-refractivity contribution in [2.45, 2.75) is 30.7 Å². The van der Waals surface area contributed by atoms with E-state index in [1.54, 1.807) is 17.4 Å². The maximum absolute atomic E-state index is 12.4. The molecule has 0 spiro atoms. The number of aromatic nitrogens is 2. The number of thiophene rings is 1. The second-order valence-electron chi connectivity index (χ2n) is 6.29. The first-order valence-corrected chi connectivity index (χ1v) is 11.8. The molecule has 3 rings (SSSR count). The third kappa shape index (κ3) is 4.69. The number of fused-ring (bicyclic) bond motifs is 1. The zero-order valence-electron chi connectivity index (χ0n) is 16.3. The van der Waals surface area contributed by atoms with Gasteiger partial charge in [-0.25, -0.2) is 23.5 Å². The minimum Gasteiger partial charge on any atom is -0.495 e. The summed E-state index contributed by atoms with van der Waals surface area (Å²) in [5.41, 5.74) is 1.42. The van der Waals surface area contributed by atoms with Gasteiger partial charge in [-0.1, -0.05) is 11.8 Å². The minimum atomic E-state index is -3.99. The molecule has 8 nitrogen and oxygen atoms in total. The van der Waals surface area contributed by atoms with Crippen LogP contribution >= 0.6 is 23.1 Å². The Labute approximate surface area is 176 Å². The third-order valence-electron chi connectivity index (χ3n) is 4.20. The molecule has 0 aliphatic rings. The summed E-state index contributed by atoms with van der Waals surface area (Å²) in [5.74, 6) is 0.572. The molecule has 3 aromatic rings. The molecule has 0 saturated heterocycles. The van der Waals surface area contributed by atoms with Crippen LogP contribution < -0.4 is 15.2 Å². The van der Waals surface area contributed by atoms with E-state index in [9.17, 15) is 13.2 Å². The molecular weight excluding hydrogens is 432 g/mol. The molecule has 0 atom stereocenters. The van der Waals surface area contributed by atoms with Crippen molar-refractivity contribution in [1.82, 2.24) is 9.97 Å². The van der Waals surface area contributed by atoms with Crippen LogP contribution in [0, 0.1) is 20.8 Å². The number of nitrogens with zero attached hydrogens (tertiary/aromatic N) is 2. The zero-order chi connectivity index (χ0) is 21.3. The molecule has 1 aromatic carbocycles. The predicted molar refractivity (Wildman–Crippen MR) is 115 cm³/mol. The SMILES string of the molecule is COc1ccc(NC(=O)CSc2nc(C)nc3sc(C)c(C)c23)cc1S(N)(=O)=O. The molecule has 0 saturated carbocycles. The van der Waals surface area contributed by atoms with Crippen molar-refractivity contribution in [1.29, 1.82) is 0 Å². The number of thioether (sulfide) groups is 1. The van der Waals surface area contributed by atoms with Crippen LogP contribution in [-0.4, -0.2) is 37.2 Å². The van der Waals surface area contributed by atoms with Crippen LogP contribution in [0.25, 0.3) is 10.2 Å². The number of sulfonamides is 1. The van der Waals surface area contributed by atoms with Gasteiger partial charge in [-0.05, 0) is 44.5 Å². The van der Waals surface area contributed by atoms with Crippen molar-refractivity contribution < 1.29 is 17.9 Å². The van der Waals surface area contributed by atoms with E-state index in [1.165, 1.54) is 35.9 Å². The number of aryl methyl sites for hydroxylation is 3.